The van der Waals surface area contributed by atoms with E-state index >= 15 is 0 Å². The van der Waals surface area contributed by atoms with Gasteiger partial charge in [-0.25, -0.2) is 0 Å². The van der Waals surface area contributed by atoms with Crippen molar-refractivity contribution in [1.82, 2.24) is 0 Å². The zero-order chi connectivity index (χ0) is 11.4. The molecule has 0 aliphatic rings. The molecule has 1 amide bonds. The van der Waals surface area contributed by atoms with Gasteiger partial charge in [-0.05, 0) is 24.6 Å². The van der Waals surface area contributed by atoms with Crippen LogP contribution < -0.4 is 11.5 Å². The SMILES string of the molecule is Cc1cc(C#CCC(N)=O)cc(Cl)c1N. The van der Waals surface area contributed by atoms with Gasteiger partial charge in [0, 0.05) is 5.56 Å². The van der Waals surface area contributed by atoms with Crippen molar-refractivity contribution in [3.63, 3.8) is 0 Å². The molecule has 4 N–H and O–H groups in total. The van der Waals surface area contributed by atoms with Crippen LogP contribution in [-0.4, -0.2) is 5.91 Å². The van der Waals surface area contributed by atoms with Gasteiger partial charge < -0.3 is 11.5 Å². The number of nitrogen functional groups attached to an aromatic ring is 1. The molecule has 1 aromatic rings. The van der Waals surface area contributed by atoms with Gasteiger partial charge in [0.1, 0.15) is 0 Å². The number of hydrogen-bond donors (Lipinski definition) is 2. The average Bonchev–Trinajstić information content (AvgIpc) is 2.13. The molecule has 0 unspecified atom stereocenters. The third kappa shape index (κ3) is 3.19. The summed E-state index contributed by atoms with van der Waals surface area (Å²) in [5.74, 6) is 5.00. The van der Waals surface area contributed by atoms with Crippen molar-refractivity contribution in [2.45, 2.75) is 13.3 Å². The summed E-state index contributed by atoms with van der Waals surface area (Å²) in [6.45, 7) is 1.85. The molecule has 0 atom stereocenters. The van der Waals surface area contributed by atoms with Crippen molar-refractivity contribution in [2.75, 3.05) is 5.73 Å². The molecular weight excluding hydrogens is 212 g/mol. The number of amides is 1. The van der Waals surface area contributed by atoms with E-state index in [9.17, 15) is 4.79 Å². The maximum atomic E-state index is 10.5. The van der Waals surface area contributed by atoms with Crippen LogP contribution in [0.5, 0.6) is 0 Å². The number of nitrogens with two attached hydrogens (primary N) is 2. The van der Waals surface area contributed by atoms with Gasteiger partial charge in [0.05, 0.1) is 17.1 Å². The molecule has 3 nitrogen and oxygen atoms in total. The van der Waals surface area contributed by atoms with Crippen LogP contribution in [-0.2, 0) is 4.79 Å². The minimum atomic E-state index is -0.444. The second kappa shape index (κ2) is 4.72. The normalized spacial score (nSPS) is 9.20. The van der Waals surface area contributed by atoms with E-state index in [2.05, 4.69) is 11.8 Å². The van der Waals surface area contributed by atoms with E-state index in [1.54, 1.807) is 6.07 Å². The molecule has 0 aliphatic carbocycles. The van der Waals surface area contributed by atoms with Crippen molar-refractivity contribution in [3.05, 3.63) is 28.3 Å². The van der Waals surface area contributed by atoms with Crippen LogP contribution >= 0.6 is 11.6 Å². The fourth-order valence-electron chi connectivity index (χ4n) is 1.06. The molecule has 1 aromatic carbocycles. The van der Waals surface area contributed by atoms with Gasteiger partial charge >= 0.3 is 0 Å². The van der Waals surface area contributed by atoms with Gasteiger partial charge in [0.15, 0.2) is 0 Å². The first-order valence-electron chi connectivity index (χ1n) is 4.33. The third-order valence-corrected chi connectivity index (χ3v) is 2.14. The summed E-state index contributed by atoms with van der Waals surface area (Å²) in [5, 5.41) is 0.471. The highest BCUT2D eigenvalue weighted by Crippen LogP contribution is 2.23. The second-order valence-corrected chi connectivity index (χ2v) is 3.54. The molecule has 0 aliphatic heterocycles. The Kier molecular flexibility index (Phi) is 3.59. The van der Waals surface area contributed by atoms with E-state index in [0.29, 0.717) is 10.7 Å². The minimum absolute atomic E-state index is 0.0427. The number of halogens is 1. The van der Waals surface area contributed by atoms with Crippen LogP contribution in [0.15, 0.2) is 12.1 Å². The zero-order valence-corrected chi connectivity index (χ0v) is 9.06. The molecule has 0 aromatic heterocycles. The van der Waals surface area contributed by atoms with Crippen molar-refractivity contribution in [3.8, 4) is 11.8 Å². The minimum Gasteiger partial charge on any atom is -0.397 e. The molecule has 0 bridgehead atoms. The van der Waals surface area contributed by atoms with Crippen molar-refractivity contribution < 1.29 is 4.79 Å². The first kappa shape index (κ1) is 11.4. The van der Waals surface area contributed by atoms with Crippen LogP contribution in [0.2, 0.25) is 5.02 Å². The maximum Gasteiger partial charge on any atom is 0.229 e. The van der Waals surface area contributed by atoms with E-state index in [4.69, 9.17) is 23.1 Å². The Morgan fingerprint density at radius 1 is 1.53 bits per heavy atom. The molecule has 1 rings (SSSR count). The lowest BCUT2D eigenvalue weighted by atomic mass is 10.1. The Bertz CT molecular complexity index is 434. The van der Waals surface area contributed by atoms with Gasteiger partial charge in [0.2, 0.25) is 5.91 Å². The summed E-state index contributed by atoms with van der Waals surface area (Å²) in [6, 6.07) is 3.48. The Morgan fingerprint density at radius 2 is 2.20 bits per heavy atom. The van der Waals surface area contributed by atoms with Crippen LogP contribution in [0.1, 0.15) is 17.5 Å². The first-order chi connectivity index (χ1) is 7.00. The van der Waals surface area contributed by atoms with E-state index in [1.165, 1.54) is 0 Å². The van der Waals surface area contributed by atoms with Crippen LogP contribution in [0, 0.1) is 18.8 Å². The van der Waals surface area contributed by atoms with Crippen LogP contribution in [0.3, 0.4) is 0 Å². The van der Waals surface area contributed by atoms with Crippen LogP contribution in [0.4, 0.5) is 5.69 Å². The smallest absolute Gasteiger partial charge is 0.229 e. The maximum absolute atomic E-state index is 10.5. The lowest BCUT2D eigenvalue weighted by Gasteiger charge is -2.02. The number of rotatable bonds is 1. The van der Waals surface area contributed by atoms with E-state index in [0.717, 1.165) is 11.1 Å². The lowest BCUT2D eigenvalue weighted by Crippen LogP contribution is -2.08. The topological polar surface area (TPSA) is 69.1 Å². The first-order valence-corrected chi connectivity index (χ1v) is 4.71. The standard InChI is InChI=1S/C11H11ClN2O/c1-7-5-8(3-2-4-10(13)15)6-9(12)11(7)14/h5-6H,4,14H2,1H3,(H2,13,15). The molecule has 15 heavy (non-hydrogen) atoms. The van der Waals surface area contributed by atoms with E-state index in [1.807, 2.05) is 13.0 Å². The second-order valence-electron chi connectivity index (χ2n) is 3.13. The van der Waals surface area contributed by atoms with Crippen molar-refractivity contribution in [2.24, 2.45) is 5.73 Å². The molecule has 0 heterocycles. The average molecular weight is 223 g/mol. The summed E-state index contributed by atoms with van der Waals surface area (Å²) in [6.07, 6.45) is 0.0427. The van der Waals surface area contributed by atoms with Gasteiger partial charge in [-0.3, -0.25) is 4.79 Å². The van der Waals surface area contributed by atoms with Crippen LogP contribution in [0.25, 0.3) is 0 Å². The van der Waals surface area contributed by atoms with Gasteiger partial charge in [0.25, 0.3) is 0 Å². The Labute approximate surface area is 93.4 Å². The molecule has 78 valence electrons. The summed E-state index contributed by atoms with van der Waals surface area (Å²) in [5.41, 5.74) is 12.8. The zero-order valence-electron chi connectivity index (χ0n) is 8.30. The number of hydrogen-bond acceptors (Lipinski definition) is 2. The number of carbonyl (C=O) groups is 1. The lowest BCUT2D eigenvalue weighted by molar-refractivity contribution is -0.117. The number of benzene rings is 1. The number of carbonyl (C=O) groups excluding carboxylic acids is 1. The number of aryl methyl sites for hydroxylation is 1. The molecule has 0 radical (unpaired) electrons. The summed E-state index contributed by atoms with van der Waals surface area (Å²) >= 11 is 5.88. The van der Waals surface area contributed by atoms with Crippen molar-refractivity contribution in [1.29, 1.82) is 0 Å². The third-order valence-electron chi connectivity index (χ3n) is 1.83. The highest BCUT2D eigenvalue weighted by molar-refractivity contribution is 6.33. The predicted molar refractivity (Wildman–Crippen MR) is 61.3 cm³/mol. The highest BCUT2D eigenvalue weighted by atomic mass is 35.5. The van der Waals surface area contributed by atoms with Crippen molar-refractivity contribution >= 4 is 23.2 Å². The molecule has 0 saturated heterocycles. The fraction of sp³-hybridized carbons (Fsp3) is 0.182. The summed E-state index contributed by atoms with van der Waals surface area (Å²) in [4.78, 5) is 10.5. The molecular formula is C11H11ClN2O. The Hall–Kier alpha value is -1.66. The quantitative estimate of drug-likeness (QED) is 0.558. The van der Waals surface area contributed by atoms with Gasteiger partial charge in [-0.2, -0.15) is 0 Å². The molecule has 0 fully saturated rings. The summed E-state index contributed by atoms with van der Waals surface area (Å²) < 4.78 is 0. The fourth-order valence-corrected chi connectivity index (χ4v) is 1.33. The number of primary amides is 1. The largest absolute Gasteiger partial charge is 0.397 e. The monoisotopic (exact) mass is 222 g/mol. The van der Waals surface area contributed by atoms with E-state index < -0.39 is 5.91 Å². The molecule has 0 spiro atoms. The Morgan fingerprint density at radius 3 is 2.73 bits per heavy atom. The highest BCUT2D eigenvalue weighted by Gasteiger charge is 2.01. The molecule has 0 saturated carbocycles. The van der Waals surface area contributed by atoms with Gasteiger partial charge in [-0.15, -0.1) is 0 Å². The molecule has 4 heteroatoms. The van der Waals surface area contributed by atoms with Gasteiger partial charge in [-0.1, -0.05) is 23.4 Å². The predicted octanol–water partition coefficient (Wildman–Crippen LogP) is 1.46. The van der Waals surface area contributed by atoms with E-state index in [-0.39, 0.29) is 6.42 Å². The Balaban J connectivity index is 2.95. The summed E-state index contributed by atoms with van der Waals surface area (Å²) in [7, 11) is 0. The number of anilines is 1.